The number of aromatic nitrogens is 2. The summed E-state index contributed by atoms with van der Waals surface area (Å²) in [5.74, 6) is -4.83. The van der Waals surface area contributed by atoms with Crippen molar-refractivity contribution in [2.45, 2.75) is 11.6 Å². The summed E-state index contributed by atoms with van der Waals surface area (Å²) in [6.07, 6.45) is 1.19. The summed E-state index contributed by atoms with van der Waals surface area (Å²) in [7, 11) is -4.24. The van der Waals surface area contributed by atoms with Gasteiger partial charge in [-0.1, -0.05) is 0 Å². The fourth-order valence-corrected chi connectivity index (χ4v) is 2.68. The van der Waals surface area contributed by atoms with Gasteiger partial charge in [-0.2, -0.15) is 13.5 Å². The Morgan fingerprint density at radius 1 is 1.25 bits per heavy atom. The molecule has 20 heavy (non-hydrogen) atoms. The van der Waals surface area contributed by atoms with E-state index in [0.717, 1.165) is 6.07 Å². The summed E-state index contributed by atoms with van der Waals surface area (Å²) in [6.45, 7) is -0.118. The Balaban J connectivity index is 2.42. The van der Waals surface area contributed by atoms with E-state index in [1.54, 1.807) is 4.72 Å². The zero-order chi connectivity index (χ0) is 14.9. The topological polar surface area (TPSA) is 101 Å². The molecule has 0 fully saturated rings. The molecule has 2 aromatic rings. The van der Waals surface area contributed by atoms with Crippen LogP contribution < -0.4 is 10.5 Å². The lowest BCUT2D eigenvalue weighted by molar-refractivity contribution is 0.449. The number of hydrogen-bond acceptors (Lipinski definition) is 4. The van der Waals surface area contributed by atoms with Crippen molar-refractivity contribution in [1.82, 2.24) is 10.2 Å². The van der Waals surface area contributed by atoms with E-state index < -0.39 is 33.2 Å². The number of rotatable bonds is 4. The zero-order valence-electron chi connectivity index (χ0n) is 9.82. The molecule has 108 valence electrons. The maximum absolute atomic E-state index is 13.4. The largest absolute Gasteiger partial charge is 0.326 e. The Labute approximate surface area is 111 Å². The van der Waals surface area contributed by atoms with E-state index in [1.807, 2.05) is 0 Å². The first kappa shape index (κ1) is 14.3. The smallest absolute Gasteiger partial charge is 0.279 e. The standard InChI is InChI=1S/C10H9F3N4O2S/c11-6-1-2-7(9(13)8(6)12)17-20(18,19)10-5(3-14)4-15-16-10/h1-2,4,17H,3,14H2,(H,15,16). The van der Waals surface area contributed by atoms with Gasteiger partial charge in [-0.25, -0.2) is 13.2 Å². The molecule has 0 aliphatic heterocycles. The van der Waals surface area contributed by atoms with Gasteiger partial charge in [0.2, 0.25) is 0 Å². The summed E-state index contributed by atoms with van der Waals surface area (Å²) >= 11 is 0. The van der Waals surface area contributed by atoms with E-state index in [4.69, 9.17) is 5.73 Å². The van der Waals surface area contributed by atoms with Crippen molar-refractivity contribution in [2.75, 3.05) is 4.72 Å². The van der Waals surface area contributed by atoms with Crippen LogP contribution in [0.5, 0.6) is 0 Å². The third-order valence-electron chi connectivity index (χ3n) is 2.45. The normalized spacial score (nSPS) is 11.6. The minimum absolute atomic E-state index is 0.118. The van der Waals surface area contributed by atoms with Gasteiger partial charge in [0.25, 0.3) is 10.0 Å². The van der Waals surface area contributed by atoms with Gasteiger partial charge in [0.1, 0.15) is 0 Å². The lowest BCUT2D eigenvalue weighted by Crippen LogP contribution is -2.17. The highest BCUT2D eigenvalue weighted by Gasteiger charge is 2.23. The van der Waals surface area contributed by atoms with Crippen molar-refractivity contribution in [3.63, 3.8) is 0 Å². The molecule has 0 atom stereocenters. The van der Waals surface area contributed by atoms with Crippen LogP contribution in [0.2, 0.25) is 0 Å². The quantitative estimate of drug-likeness (QED) is 0.736. The maximum atomic E-state index is 13.4. The molecule has 0 unspecified atom stereocenters. The molecule has 0 aliphatic rings. The van der Waals surface area contributed by atoms with Crippen molar-refractivity contribution >= 4 is 15.7 Å². The number of nitrogens with one attached hydrogen (secondary N) is 2. The zero-order valence-corrected chi connectivity index (χ0v) is 10.6. The van der Waals surface area contributed by atoms with Crippen LogP contribution in [0.1, 0.15) is 5.56 Å². The maximum Gasteiger partial charge on any atom is 0.279 e. The molecule has 0 bridgehead atoms. The SMILES string of the molecule is NCc1cn[nH]c1S(=O)(=O)Nc1ccc(F)c(F)c1F. The van der Waals surface area contributed by atoms with Crippen molar-refractivity contribution in [3.8, 4) is 0 Å². The minimum Gasteiger partial charge on any atom is -0.326 e. The van der Waals surface area contributed by atoms with Crippen LogP contribution in [0.15, 0.2) is 23.4 Å². The molecule has 2 rings (SSSR count). The Hall–Kier alpha value is -2.07. The highest BCUT2D eigenvalue weighted by Crippen LogP contribution is 2.23. The van der Waals surface area contributed by atoms with E-state index in [9.17, 15) is 21.6 Å². The Kier molecular flexibility index (Phi) is 3.68. The van der Waals surface area contributed by atoms with Crippen LogP contribution in [-0.4, -0.2) is 18.6 Å². The molecule has 6 nitrogen and oxygen atoms in total. The summed E-state index contributed by atoms with van der Waals surface area (Å²) < 4.78 is 64.9. The number of benzene rings is 1. The minimum atomic E-state index is -4.24. The molecule has 1 aromatic heterocycles. The third kappa shape index (κ3) is 2.47. The molecule has 0 saturated carbocycles. The number of sulfonamides is 1. The van der Waals surface area contributed by atoms with E-state index in [2.05, 4.69) is 10.2 Å². The lowest BCUT2D eigenvalue weighted by atomic mass is 10.3. The fraction of sp³-hybridized carbons (Fsp3) is 0.100. The van der Waals surface area contributed by atoms with Crippen LogP contribution in [0.3, 0.4) is 0 Å². The molecular formula is C10H9F3N4O2S. The van der Waals surface area contributed by atoms with E-state index >= 15 is 0 Å². The fourth-order valence-electron chi connectivity index (χ4n) is 1.48. The predicted molar refractivity (Wildman–Crippen MR) is 63.6 cm³/mol. The van der Waals surface area contributed by atoms with Crippen molar-refractivity contribution in [1.29, 1.82) is 0 Å². The predicted octanol–water partition coefficient (Wildman–Crippen LogP) is 1.09. The molecule has 0 aliphatic carbocycles. The van der Waals surface area contributed by atoms with Gasteiger partial charge < -0.3 is 5.73 Å². The van der Waals surface area contributed by atoms with Gasteiger partial charge >= 0.3 is 0 Å². The Morgan fingerprint density at radius 3 is 2.60 bits per heavy atom. The highest BCUT2D eigenvalue weighted by atomic mass is 32.2. The molecule has 0 radical (unpaired) electrons. The molecule has 4 N–H and O–H groups in total. The van der Waals surface area contributed by atoms with Gasteiger partial charge in [0, 0.05) is 12.1 Å². The lowest BCUT2D eigenvalue weighted by Gasteiger charge is -2.09. The molecule has 0 amide bonds. The first-order chi connectivity index (χ1) is 9.36. The number of aromatic amines is 1. The van der Waals surface area contributed by atoms with Crippen LogP contribution in [0.25, 0.3) is 0 Å². The number of H-pyrrole nitrogens is 1. The molecule has 1 aromatic carbocycles. The van der Waals surface area contributed by atoms with Crippen molar-refractivity contribution < 1.29 is 21.6 Å². The first-order valence-corrected chi connectivity index (χ1v) is 6.73. The van der Waals surface area contributed by atoms with Crippen LogP contribution in [-0.2, 0) is 16.6 Å². The number of nitrogens with zero attached hydrogens (tertiary/aromatic N) is 1. The van der Waals surface area contributed by atoms with Crippen LogP contribution in [0, 0.1) is 17.5 Å². The first-order valence-electron chi connectivity index (χ1n) is 5.25. The highest BCUT2D eigenvalue weighted by molar-refractivity contribution is 7.92. The Morgan fingerprint density at radius 2 is 1.95 bits per heavy atom. The average Bonchev–Trinajstić information content (AvgIpc) is 2.89. The van der Waals surface area contributed by atoms with Crippen molar-refractivity contribution in [2.24, 2.45) is 5.73 Å². The van der Waals surface area contributed by atoms with Gasteiger partial charge in [0.05, 0.1) is 11.9 Å². The van der Waals surface area contributed by atoms with Gasteiger partial charge in [-0.05, 0) is 12.1 Å². The number of halogens is 3. The summed E-state index contributed by atoms with van der Waals surface area (Å²) in [5.41, 5.74) is 4.77. The third-order valence-corrected chi connectivity index (χ3v) is 3.83. The second-order valence-electron chi connectivity index (χ2n) is 3.76. The number of hydrogen-bond donors (Lipinski definition) is 3. The van der Waals surface area contributed by atoms with E-state index in [-0.39, 0.29) is 17.1 Å². The van der Waals surface area contributed by atoms with Gasteiger partial charge in [0.15, 0.2) is 22.5 Å². The Bertz CT molecular complexity index is 745. The summed E-state index contributed by atoms with van der Waals surface area (Å²) in [6, 6.07) is 1.37. The average molecular weight is 306 g/mol. The molecule has 1 heterocycles. The van der Waals surface area contributed by atoms with Crippen molar-refractivity contribution in [3.05, 3.63) is 41.3 Å². The molecular weight excluding hydrogens is 297 g/mol. The number of anilines is 1. The van der Waals surface area contributed by atoms with E-state index in [0.29, 0.717) is 6.07 Å². The van der Waals surface area contributed by atoms with Crippen LogP contribution in [0.4, 0.5) is 18.9 Å². The summed E-state index contributed by atoms with van der Waals surface area (Å²) in [4.78, 5) is 0. The second-order valence-corrected chi connectivity index (χ2v) is 5.38. The summed E-state index contributed by atoms with van der Waals surface area (Å²) in [5, 5.41) is 5.32. The van der Waals surface area contributed by atoms with Gasteiger partial charge in [-0.15, -0.1) is 0 Å². The molecule has 0 spiro atoms. The monoisotopic (exact) mass is 306 g/mol. The second kappa shape index (κ2) is 5.13. The number of nitrogens with two attached hydrogens (primary N) is 1. The molecule has 10 heteroatoms. The van der Waals surface area contributed by atoms with Gasteiger partial charge in [-0.3, -0.25) is 9.82 Å². The van der Waals surface area contributed by atoms with E-state index in [1.165, 1.54) is 6.20 Å². The molecule has 0 saturated heterocycles. The van der Waals surface area contributed by atoms with Crippen LogP contribution >= 0.6 is 0 Å².